The third kappa shape index (κ3) is 3.32. The Morgan fingerprint density at radius 3 is 2.72 bits per heavy atom. The molecule has 1 N–H and O–H groups in total. The van der Waals surface area contributed by atoms with Crippen LogP contribution in [-0.4, -0.2) is 24.9 Å². The fraction of sp³-hybridized carbons (Fsp3) is 0.538. The van der Waals surface area contributed by atoms with Crippen LogP contribution in [-0.2, 0) is 4.74 Å². The fourth-order valence-electron chi connectivity index (χ4n) is 1.90. The summed E-state index contributed by atoms with van der Waals surface area (Å²) in [4.78, 5) is 0. The summed E-state index contributed by atoms with van der Waals surface area (Å²) < 4.78 is 35.7. The normalized spacial score (nSPS) is 17.1. The molecule has 1 saturated heterocycles. The van der Waals surface area contributed by atoms with E-state index in [9.17, 15) is 13.9 Å². The zero-order chi connectivity index (χ0) is 13.0. The smallest absolute Gasteiger partial charge is 0.263 e. The molecule has 0 radical (unpaired) electrons. The number of alkyl halides is 2. The lowest BCUT2D eigenvalue weighted by molar-refractivity contribution is 0.0493. The van der Waals surface area contributed by atoms with E-state index in [0.29, 0.717) is 25.7 Å². The van der Waals surface area contributed by atoms with Gasteiger partial charge in [-0.3, -0.25) is 0 Å². The van der Waals surface area contributed by atoms with Crippen LogP contribution in [0.2, 0.25) is 0 Å². The average molecular weight is 258 g/mol. The first-order chi connectivity index (χ1) is 8.66. The van der Waals surface area contributed by atoms with Gasteiger partial charge in [-0.1, -0.05) is 0 Å². The van der Waals surface area contributed by atoms with Crippen molar-refractivity contribution >= 4 is 0 Å². The fourth-order valence-corrected chi connectivity index (χ4v) is 1.90. The minimum absolute atomic E-state index is 0.105. The molecule has 0 aliphatic carbocycles. The Morgan fingerprint density at radius 2 is 2.06 bits per heavy atom. The Bertz CT molecular complexity index is 390. The van der Waals surface area contributed by atoms with E-state index in [-0.39, 0.29) is 17.1 Å². The van der Waals surface area contributed by atoms with Crippen molar-refractivity contribution in [2.45, 2.75) is 19.3 Å². The van der Waals surface area contributed by atoms with Crippen LogP contribution in [0.5, 0.6) is 11.5 Å². The molecule has 100 valence electrons. The second kappa shape index (κ2) is 6.00. The number of hydrogen-bond acceptors (Lipinski definition) is 3. The summed E-state index contributed by atoms with van der Waals surface area (Å²) in [7, 11) is 0. The van der Waals surface area contributed by atoms with Crippen molar-refractivity contribution in [1.29, 1.82) is 0 Å². The van der Waals surface area contributed by atoms with Crippen molar-refractivity contribution in [3.8, 4) is 11.5 Å². The maximum absolute atomic E-state index is 12.5. The van der Waals surface area contributed by atoms with E-state index in [4.69, 9.17) is 9.47 Å². The highest BCUT2D eigenvalue weighted by Gasteiger charge is 2.16. The monoisotopic (exact) mass is 258 g/mol. The molecule has 0 bridgehead atoms. The maximum Gasteiger partial charge on any atom is 0.263 e. The number of phenolic OH excluding ortho intramolecular Hbond substituents is 1. The molecule has 0 amide bonds. The first-order valence-corrected chi connectivity index (χ1v) is 5.98. The SMILES string of the molecule is Oc1ccc(C(F)F)cc1OCC1CCOCC1. The molecule has 2 rings (SSSR count). The molecule has 0 saturated carbocycles. The van der Waals surface area contributed by atoms with Gasteiger partial charge in [0.25, 0.3) is 6.43 Å². The minimum Gasteiger partial charge on any atom is -0.504 e. The van der Waals surface area contributed by atoms with Gasteiger partial charge in [-0.25, -0.2) is 8.78 Å². The standard InChI is InChI=1S/C13H16F2O3/c14-13(15)10-1-2-11(16)12(7-10)18-8-9-3-5-17-6-4-9/h1-2,7,9,13,16H,3-6,8H2. The molecule has 0 spiro atoms. The van der Waals surface area contributed by atoms with E-state index in [0.717, 1.165) is 12.8 Å². The number of benzene rings is 1. The predicted molar refractivity (Wildman–Crippen MR) is 62.1 cm³/mol. The molecule has 5 heteroatoms. The molecular weight excluding hydrogens is 242 g/mol. The maximum atomic E-state index is 12.5. The van der Waals surface area contributed by atoms with E-state index >= 15 is 0 Å². The summed E-state index contributed by atoms with van der Waals surface area (Å²) >= 11 is 0. The zero-order valence-corrected chi connectivity index (χ0v) is 9.94. The van der Waals surface area contributed by atoms with Crippen LogP contribution in [0.25, 0.3) is 0 Å². The van der Waals surface area contributed by atoms with Gasteiger partial charge >= 0.3 is 0 Å². The van der Waals surface area contributed by atoms with Gasteiger partial charge in [-0.15, -0.1) is 0 Å². The van der Waals surface area contributed by atoms with Crippen molar-refractivity contribution in [2.24, 2.45) is 5.92 Å². The number of hydrogen-bond donors (Lipinski definition) is 1. The highest BCUT2D eigenvalue weighted by atomic mass is 19.3. The summed E-state index contributed by atoms with van der Waals surface area (Å²) in [6, 6.07) is 3.63. The molecular formula is C13H16F2O3. The van der Waals surface area contributed by atoms with Crippen LogP contribution >= 0.6 is 0 Å². The molecule has 1 heterocycles. The Kier molecular flexibility index (Phi) is 4.36. The average Bonchev–Trinajstić information content (AvgIpc) is 2.38. The topological polar surface area (TPSA) is 38.7 Å². The van der Waals surface area contributed by atoms with Crippen molar-refractivity contribution in [2.75, 3.05) is 19.8 Å². The van der Waals surface area contributed by atoms with Gasteiger partial charge < -0.3 is 14.6 Å². The van der Waals surface area contributed by atoms with Gasteiger partial charge in [0.15, 0.2) is 11.5 Å². The van der Waals surface area contributed by atoms with Crippen LogP contribution in [0.15, 0.2) is 18.2 Å². The first kappa shape index (κ1) is 13.1. The number of ether oxygens (including phenoxy) is 2. The van der Waals surface area contributed by atoms with Crippen LogP contribution in [0, 0.1) is 5.92 Å². The van der Waals surface area contributed by atoms with Gasteiger partial charge in [-0.2, -0.15) is 0 Å². The Morgan fingerprint density at radius 1 is 1.33 bits per heavy atom. The van der Waals surface area contributed by atoms with E-state index in [1.54, 1.807) is 0 Å². The lowest BCUT2D eigenvalue weighted by atomic mass is 10.0. The molecule has 1 aromatic carbocycles. The highest BCUT2D eigenvalue weighted by Crippen LogP contribution is 2.31. The molecule has 0 unspecified atom stereocenters. The Hall–Kier alpha value is -1.36. The van der Waals surface area contributed by atoms with Crippen molar-refractivity contribution in [3.63, 3.8) is 0 Å². The van der Waals surface area contributed by atoms with Gasteiger partial charge in [0.2, 0.25) is 0 Å². The second-order valence-corrected chi connectivity index (χ2v) is 4.39. The number of aromatic hydroxyl groups is 1. The molecule has 1 aromatic rings. The van der Waals surface area contributed by atoms with E-state index in [2.05, 4.69) is 0 Å². The molecule has 1 aliphatic heterocycles. The van der Waals surface area contributed by atoms with E-state index in [1.165, 1.54) is 18.2 Å². The molecule has 3 nitrogen and oxygen atoms in total. The van der Waals surface area contributed by atoms with Crippen LogP contribution in [0.1, 0.15) is 24.8 Å². The summed E-state index contributed by atoms with van der Waals surface area (Å²) in [6.07, 6.45) is -0.763. The number of phenols is 1. The highest BCUT2D eigenvalue weighted by molar-refractivity contribution is 5.42. The second-order valence-electron chi connectivity index (χ2n) is 4.39. The van der Waals surface area contributed by atoms with Crippen molar-refractivity contribution in [1.82, 2.24) is 0 Å². The zero-order valence-electron chi connectivity index (χ0n) is 9.94. The van der Waals surface area contributed by atoms with Crippen molar-refractivity contribution in [3.05, 3.63) is 23.8 Å². The lowest BCUT2D eigenvalue weighted by Gasteiger charge is -2.22. The van der Waals surface area contributed by atoms with Crippen molar-refractivity contribution < 1.29 is 23.4 Å². The van der Waals surface area contributed by atoms with Crippen LogP contribution in [0.4, 0.5) is 8.78 Å². The van der Waals surface area contributed by atoms with Crippen LogP contribution in [0.3, 0.4) is 0 Å². The third-order valence-electron chi connectivity index (χ3n) is 3.05. The number of rotatable bonds is 4. The molecule has 0 aromatic heterocycles. The Labute approximate surface area is 104 Å². The first-order valence-electron chi connectivity index (χ1n) is 5.98. The summed E-state index contributed by atoms with van der Waals surface area (Å²) in [5.74, 6) is 0.374. The summed E-state index contributed by atoms with van der Waals surface area (Å²) in [6.45, 7) is 1.83. The number of halogens is 2. The predicted octanol–water partition coefficient (Wildman–Crippen LogP) is 3.14. The van der Waals surface area contributed by atoms with Gasteiger partial charge in [0, 0.05) is 18.8 Å². The minimum atomic E-state index is -2.56. The largest absolute Gasteiger partial charge is 0.504 e. The van der Waals surface area contributed by atoms with Gasteiger partial charge in [-0.05, 0) is 37.0 Å². The van der Waals surface area contributed by atoms with E-state index < -0.39 is 6.43 Å². The Balaban J connectivity index is 1.97. The summed E-state index contributed by atoms with van der Waals surface area (Å²) in [5, 5.41) is 9.55. The molecule has 0 atom stereocenters. The quantitative estimate of drug-likeness (QED) is 0.901. The lowest BCUT2D eigenvalue weighted by Crippen LogP contribution is -2.21. The molecule has 1 fully saturated rings. The molecule has 18 heavy (non-hydrogen) atoms. The van der Waals surface area contributed by atoms with Gasteiger partial charge in [0.05, 0.1) is 6.61 Å². The van der Waals surface area contributed by atoms with E-state index in [1.807, 2.05) is 0 Å². The molecule has 1 aliphatic rings. The van der Waals surface area contributed by atoms with Crippen LogP contribution < -0.4 is 4.74 Å². The van der Waals surface area contributed by atoms with Gasteiger partial charge in [0.1, 0.15) is 0 Å². The third-order valence-corrected chi connectivity index (χ3v) is 3.05. The summed E-state index contributed by atoms with van der Waals surface area (Å²) in [5.41, 5.74) is -0.144.